The van der Waals surface area contributed by atoms with E-state index < -0.39 is 23.7 Å². The zero-order chi connectivity index (χ0) is 22.2. The van der Waals surface area contributed by atoms with E-state index >= 15 is 0 Å². The fraction of sp³-hybridized carbons (Fsp3) is 0.652. The van der Waals surface area contributed by atoms with E-state index in [1.165, 1.54) is 12.1 Å². The molecule has 3 fully saturated rings. The third-order valence-electron chi connectivity index (χ3n) is 7.09. The van der Waals surface area contributed by atoms with E-state index in [9.17, 15) is 19.1 Å². The monoisotopic (exact) mass is 434 g/mol. The first-order valence-corrected chi connectivity index (χ1v) is 11.1. The quantitative estimate of drug-likeness (QED) is 0.551. The highest BCUT2D eigenvalue weighted by Gasteiger charge is 2.50. The van der Waals surface area contributed by atoms with Gasteiger partial charge < -0.3 is 25.6 Å². The maximum atomic E-state index is 14.9. The van der Waals surface area contributed by atoms with Crippen LogP contribution in [0.25, 0.3) is 0 Å². The first-order chi connectivity index (χ1) is 14.9. The zero-order valence-electron chi connectivity index (χ0n) is 17.9. The molecule has 1 aromatic carbocycles. The van der Waals surface area contributed by atoms with Crippen LogP contribution in [0.4, 0.5) is 4.39 Å². The van der Waals surface area contributed by atoms with Crippen LogP contribution in [0.5, 0.6) is 5.75 Å². The third-order valence-corrected chi connectivity index (χ3v) is 7.09. The van der Waals surface area contributed by atoms with Crippen molar-refractivity contribution in [3.05, 3.63) is 29.1 Å². The summed E-state index contributed by atoms with van der Waals surface area (Å²) in [6, 6.07) is 1.74. The molecule has 4 rings (SSSR count). The van der Waals surface area contributed by atoms with Crippen molar-refractivity contribution in [3.8, 4) is 5.75 Å². The number of benzene rings is 1. The summed E-state index contributed by atoms with van der Waals surface area (Å²) >= 11 is 0. The van der Waals surface area contributed by atoms with Crippen LogP contribution in [0.1, 0.15) is 60.9 Å². The number of carbonyl (C=O) groups is 2. The normalized spacial score (nSPS) is 28.2. The number of halogens is 1. The largest absolute Gasteiger partial charge is 0.493 e. The van der Waals surface area contributed by atoms with E-state index in [1.807, 2.05) is 0 Å². The van der Waals surface area contributed by atoms with E-state index in [-0.39, 0.29) is 23.3 Å². The Bertz CT molecular complexity index is 859. The van der Waals surface area contributed by atoms with Gasteiger partial charge in [-0.05, 0) is 68.0 Å². The molecule has 0 radical (unpaired) electrons. The number of amides is 1. The number of hydrogen-bond acceptors (Lipinski definition) is 5. The Hall–Kier alpha value is -2.19. The van der Waals surface area contributed by atoms with Crippen molar-refractivity contribution in [1.29, 1.82) is 0 Å². The Balaban J connectivity index is 1.54. The number of carbonyl (C=O) groups excluding carboxylic acids is 1. The smallest absolute Gasteiger partial charge is 0.326 e. The van der Waals surface area contributed by atoms with Crippen LogP contribution >= 0.6 is 0 Å². The minimum atomic E-state index is -1.14. The minimum absolute atomic E-state index is 0.145. The van der Waals surface area contributed by atoms with Crippen LogP contribution in [0.2, 0.25) is 0 Å². The summed E-state index contributed by atoms with van der Waals surface area (Å²) in [4.78, 5) is 23.8. The second-order valence-electron chi connectivity index (χ2n) is 9.32. The molecule has 1 heterocycles. The first kappa shape index (κ1) is 22.0. The first-order valence-electron chi connectivity index (χ1n) is 11.1. The molecule has 0 spiro atoms. The van der Waals surface area contributed by atoms with E-state index in [0.29, 0.717) is 37.3 Å². The highest BCUT2D eigenvalue weighted by atomic mass is 19.1. The van der Waals surface area contributed by atoms with Gasteiger partial charge in [-0.25, -0.2) is 9.18 Å². The van der Waals surface area contributed by atoms with Crippen molar-refractivity contribution in [3.63, 3.8) is 0 Å². The lowest BCUT2D eigenvalue weighted by Crippen LogP contribution is -2.42. The number of rotatable bonds is 9. The standard InChI is InChI=1S/C23H31FN2O5/c1-2-19(22(28)29)26-21(27)17-6-16(14-3-4-14)20(7-18(17)24)31-12-23-8-13(10-30-11-23)5-15(23)9-25/h6-7,13-15,19H,2-5,8-12,25H2,1H3,(H,26,27)(H,28,29)/t13?,15?,19-,23?/m0/s1. The SMILES string of the molecule is CC[C@H](NC(=O)c1cc(C2CC2)c(OCC23COCC(CC2CN)C3)cc1F)C(=O)O. The average molecular weight is 435 g/mol. The Kier molecular flexibility index (Phi) is 6.21. The number of carboxylic acids is 1. The molecule has 4 N–H and O–H groups in total. The van der Waals surface area contributed by atoms with Gasteiger partial charge in [0.2, 0.25) is 0 Å². The predicted octanol–water partition coefficient (Wildman–Crippen LogP) is 2.68. The van der Waals surface area contributed by atoms with Crippen LogP contribution in [0.3, 0.4) is 0 Å². The Morgan fingerprint density at radius 3 is 2.84 bits per heavy atom. The number of ether oxygens (including phenoxy) is 2. The van der Waals surface area contributed by atoms with Crippen LogP contribution in [-0.4, -0.2) is 49.4 Å². The van der Waals surface area contributed by atoms with Gasteiger partial charge in [0.25, 0.3) is 5.91 Å². The molecule has 7 nitrogen and oxygen atoms in total. The molecular weight excluding hydrogens is 403 g/mol. The second kappa shape index (κ2) is 8.74. The van der Waals surface area contributed by atoms with Gasteiger partial charge in [0.15, 0.2) is 0 Å². The summed E-state index contributed by atoms with van der Waals surface area (Å²) in [5, 5.41) is 11.6. The molecule has 3 unspecified atom stereocenters. The summed E-state index contributed by atoms with van der Waals surface area (Å²) in [7, 11) is 0. The minimum Gasteiger partial charge on any atom is -0.493 e. The Morgan fingerprint density at radius 2 is 2.19 bits per heavy atom. The molecule has 4 atom stereocenters. The van der Waals surface area contributed by atoms with E-state index in [1.54, 1.807) is 6.92 Å². The molecule has 1 saturated heterocycles. The van der Waals surface area contributed by atoms with E-state index in [2.05, 4.69) is 5.32 Å². The molecule has 170 valence electrons. The Labute approximate surface area is 181 Å². The molecule has 31 heavy (non-hydrogen) atoms. The van der Waals surface area contributed by atoms with Crippen molar-refractivity contribution >= 4 is 11.9 Å². The number of nitrogens with two attached hydrogens (primary N) is 1. The summed E-state index contributed by atoms with van der Waals surface area (Å²) in [6.45, 7) is 4.00. The van der Waals surface area contributed by atoms with Crippen LogP contribution in [0, 0.1) is 23.1 Å². The molecule has 8 heteroatoms. The van der Waals surface area contributed by atoms with Crippen LogP contribution < -0.4 is 15.8 Å². The predicted molar refractivity (Wildman–Crippen MR) is 112 cm³/mol. The van der Waals surface area contributed by atoms with Gasteiger partial charge in [-0.15, -0.1) is 0 Å². The number of carboxylic acid groups (broad SMARTS) is 1. The fourth-order valence-corrected chi connectivity index (χ4v) is 5.15. The van der Waals surface area contributed by atoms with Crippen LogP contribution in [0.15, 0.2) is 12.1 Å². The van der Waals surface area contributed by atoms with Crippen molar-refractivity contribution in [2.75, 3.05) is 26.4 Å². The molecule has 0 aromatic heterocycles. The van der Waals surface area contributed by atoms with E-state index in [0.717, 1.165) is 37.9 Å². The maximum Gasteiger partial charge on any atom is 0.326 e. The topological polar surface area (TPSA) is 111 Å². The lowest BCUT2D eigenvalue weighted by Gasteiger charge is -2.36. The summed E-state index contributed by atoms with van der Waals surface area (Å²) in [6.07, 6.45) is 4.16. The number of nitrogens with one attached hydrogen (secondary N) is 1. The number of aliphatic carboxylic acids is 1. The molecule has 2 saturated carbocycles. The summed E-state index contributed by atoms with van der Waals surface area (Å²) in [5.41, 5.74) is 6.54. The molecule has 1 aliphatic heterocycles. The highest BCUT2D eigenvalue weighted by molar-refractivity contribution is 5.97. The highest BCUT2D eigenvalue weighted by Crippen LogP contribution is 2.51. The molecule has 2 aliphatic carbocycles. The van der Waals surface area contributed by atoms with Gasteiger partial charge in [-0.3, -0.25) is 4.79 Å². The molecule has 2 bridgehead atoms. The molecule has 1 aromatic rings. The second-order valence-corrected chi connectivity index (χ2v) is 9.32. The summed E-state index contributed by atoms with van der Waals surface area (Å²) in [5.74, 6) is -1.07. The van der Waals surface area contributed by atoms with Crippen molar-refractivity contribution < 1.29 is 28.6 Å². The van der Waals surface area contributed by atoms with Crippen LogP contribution in [-0.2, 0) is 9.53 Å². The van der Waals surface area contributed by atoms with E-state index in [4.69, 9.17) is 15.2 Å². The van der Waals surface area contributed by atoms with Gasteiger partial charge in [-0.1, -0.05) is 6.92 Å². The zero-order valence-corrected chi connectivity index (χ0v) is 17.9. The van der Waals surface area contributed by atoms with Gasteiger partial charge in [-0.2, -0.15) is 0 Å². The van der Waals surface area contributed by atoms with Gasteiger partial charge in [0.05, 0.1) is 18.8 Å². The lowest BCUT2D eigenvalue weighted by molar-refractivity contribution is -0.139. The molecular formula is C23H31FN2O5. The number of hydrogen-bond donors (Lipinski definition) is 3. The fourth-order valence-electron chi connectivity index (χ4n) is 5.15. The van der Waals surface area contributed by atoms with Gasteiger partial charge >= 0.3 is 5.97 Å². The summed E-state index contributed by atoms with van der Waals surface area (Å²) < 4.78 is 26.9. The van der Waals surface area contributed by atoms with Crippen molar-refractivity contribution in [2.45, 2.75) is 51.0 Å². The third kappa shape index (κ3) is 4.41. The lowest BCUT2D eigenvalue weighted by atomic mass is 9.78. The van der Waals surface area contributed by atoms with Gasteiger partial charge in [0, 0.05) is 18.1 Å². The van der Waals surface area contributed by atoms with Crippen molar-refractivity contribution in [1.82, 2.24) is 5.32 Å². The average Bonchev–Trinajstić information content (AvgIpc) is 3.55. The molecule has 3 aliphatic rings. The number of fused-ring (bicyclic) bond motifs is 2. The Morgan fingerprint density at radius 1 is 1.42 bits per heavy atom. The maximum absolute atomic E-state index is 14.9. The molecule has 1 amide bonds. The van der Waals surface area contributed by atoms with Crippen molar-refractivity contribution in [2.24, 2.45) is 23.0 Å². The van der Waals surface area contributed by atoms with Gasteiger partial charge in [0.1, 0.15) is 17.6 Å².